The van der Waals surface area contributed by atoms with Gasteiger partial charge in [0.1, 0.15) is 5.58 Å². The first-order valence-electron chi connectivity index (χ1n) is 4.04. The molecule has 1 atom stereocenters. The number of furan rings is 1. The minimum Gasteiger partial charge on any atom is -0.463 e. The number of para-hydroxylation sites is 1. The number of halogens is 1. The molecule has 1 aromatic carbocycles. The van der Waals surface area contributed by atoms with E-state index in [1.54, 1.807) is 13.2 Å². The number of aliphatic hydroxyl groups is 1. The van der Waals surface area contributed by atoms with Crippen molar-refractivity contribution in [2.45, 2.75) is 13.0 Å². The second-order valence-electron chi connectivity index (χ2n) is 2.98. The maximum Gasteiger partial charge on any atom is 0.148 e. The Morgan fingerprint density at radius 1 is 1.46 bits per heavy atom. The zero-order chi connectivity index (χ0) is 9.42. The topological polar surface area (TPSA) is 33.4 Å². The molecule has 2 rings (SSSR count). The summed E-state index contributed by atoms with van der Waals surface area (Å²) >= 11 is 3.38. The van der Waals surface area contributed by atoms with Gasteiger partial charge < -0.3 is 9.52 Å². The Morgan fingerprint density at radius 2 is 2.23 bits per heavy atom. The van der Waals surface area contributed by atoms with E-state index in [0.29, 0.717) is 0 Å². The van der Waals surface area contributed by atoms with Gasteiger partial charge >= 0.3 is 0 Å². The van der Waals surface area contributed by atoms with Gasteiger partial charge in [0.05, 0.1) is 16.8 Å². The molecule has 0 saturated heterocycles. The summed E-state index contributed by atoms with van der Waals surface area (Å²) in [7, 11) is 0. The Morgan fingerprint density at radius 3 is 2.92 bits per heavy atom. The first-order chi connectivity index (χ1) is 6.20. The van der Waals surface area contributed by atoms with Crippen molar-refractivity contribution in [1.82, 2.24) is 0 Å². The largest absolute Gasteiger partial charge is 0.463 e. The lowest BCUT2D eigenvalue weighted by atomic mass is 10.1. The van der Waals surface area contributed by atoms with E-state index in [9.17, 15) is 5.11 Å². The van der Waals surface area contributed by atoms with Crippen molar-refractivity contribution in [3.8, 4) is 0 Å². The molecule has 1 aromatic heterocycles. The fourth-order valence-electron chi connectivity index (χ4n) is 1.37. The van der Waals surface area contributed by atoms with Crippen molar-refractivity contribution < 1.29 is 9.52 Å². The quantitative estimate of drug-likeness (QED) is 0.831. The van der Waals surface area contributed by atoms with Crippen LogP contribution in [0.15, 0.2) is 33.4 Å². The lowest BCUT2D eigenvalue weighted by molar-refractivity contribution is 0.199. The zero-order valence-electron chi connectivity index (χ0n) is 7.12. The van der Waals surface area contributed by atoms with Gasteiger partial charge in [0, 0.05) is 10.9 Å². The predicted molar refractivity (Wildman–Crippen MR) is 54.5 cm³/mol. The molecule has 13 heavy (non-hydrogen) atoms. The Hall–Kier alpha value is -0.800. The number of rotatable bonds is 1. The predicted octanol–water partition coefficient (Wildman–Crippen LogP) is 3.25. The summed E-state index contributed by atoms with van der Waals surface area (Å²) in [6, 6.07) is 5.77. The fraction of sp³-hybridized carbons (Fsp3) is 0.200. The average molecular weight is 241 g/mol. The highest BCUT2D eigenvalue weighted by Gasteiger charge is 2.11. The number of benzene rings is 1. The van der Waals surface area contributed by atoms with Gasteiger partial charge in [-0.1, -0.05) is 12.1 Å². The van der Waals surface area contributed by atoms with Gasteiger partial charge in [0.25, 0.3) is 0 Å². The highest BCUT2D eigenvalue weighted by Crippen LogP contribution is 2.30. The van der Waals surface area contributed by atoms with Gasteiger partial charge in [0.15, 0.2) is 0 Å². The maximum atomic E-state index is 9.43. The van der Waals surface area contributed by atoms with E-state index in [4.69, 9.17) is 4.42 Å². The van der Waals surface area contributed by atoms with Crippen LogP contribution in [0.1, 0.15) is 18.6 Å². The molecule has 0 saturated carbocycles. The van der Waals surface area contributed by atoms with Gasteiger partial charge in [-0.3, -0.25) is 0 Å². The first kappa shape index (κ1) is 8.78. The van der Waals surface area contributed by atoms with Gasteiger partial charge in [-0.2, -0.15) is 0 Å². The zero-order valence-corrected chi connectivity index (χ0v) is 8.71. The van der Waals surface area contributed by atoms with Crippen molar-refractivity contribution in [3.05, 3.63) is 34.5 Å². The number of fused-ring (bicyclic) bond motifs is 1. The Balaban J connectivity index is 2.75. The summed E-state index contributed by atoms with van der Waals surface area (Å²) in [5.74, 6) is 0. The van der Waals surface area contributed by atoms with Crippen LogP contribution in [0.4, 0.5) is 0 Å². The molecular weight excluding hydrogens is 232 g/mol. The van der Waals surface area contributed by atoms with E-state index in [-0.39, 0.29) is 0 Å². The molecule has 2 nitrogen and oxygen atoms in total. The molecule has 0 bridgehead atoms. The molecule has 0 aliphatic heterocycles. The maximum absolute atomic E-state index is 9.43. The highest BCUT2D eigenvalue weighted by atomic mass is 79.9. The SMILES string of the molecule is CC(O)c1coc2c(Br)cccc12. The second kappa shape index (κ2) is 3.16. The smallest absolute Gasteiger partial charge is 0.148 e. The van der Waals surface area contributed by atoms with Gasteiger partial charge in [0.2, 0.25) is 0 Å². The molecule has 1 unspecified atom stereocenters. The molecule has 68 valence electrons. The van der Waals surface area contributed by atoms with Crippen LogP contribution < -0.4 is 0 Å². The van der Waals surface area contributed by atoms with Gasteiger partial charge in [-0.15, -0.1) is 0 Å². The second-order valence-corrected chi connectivity index (χ2v) is 3.84. The molecule has 3 heteroatoms. The third kappa shape index (κ3) is 1.38. The third-order valence-electron chi connectivity index (χ3n) is 2.03. The van der Waals surface area contributed by atoms with E-state index in [2.05, 4.69) is 15.9 Å². The van der Waals surface area contributed by atoms with Crippen LogP contribution in [0.5, 0.6) is 0 Å². The summed E-state index contributed by atoms with van der Waals surface area (Å²) in [5, 5.41) is 10.4. The molecule has 1 heterocycles. The molecule has 0 spiro atoms. The Kier molecular flexibility index (Phi) is 2.14. The van der Waals surface area contributed by atoms with Gasteiger partial charge in [-0.05, 0) is 28.9 Å². The van der Waals surface area contributed by atoms with Crippen molar-refractivity contribution >= 4 is 26.9 Å². The van der Waals surface area contributed by atoms with Crippen molar-refractivity contribution in [1.29, 1.82) is 0 Å². The van der Waals surface area contributed by atoms with E-state index in [1.165, 1.54) is 0 Å². The number of hydrogen-bond acceptors (Lipinski definition) is 2. The molecule has 2 aromatic rings. The summed E-state index contributed by atoms with van der Waals surface area (Å²) in [5.41, 5.74) is 1.62. The van der Waals surface area contributed by atoms with Crippen molar-refractivity contribution in [2.24, 2.45) is 0 Å². The van der Waals surface area contributed by atoms with E-state index in [1.807, 2.05) is 18.2 Å². The highest BCUT2D eigenvalue weighted by molar-refractivity contribution is 9.10. The molecule has 0 aliphatic carbocycles. The monoisotopic (exact) mass is 240 g/mol. The summed E-state index contributed by atoms with van der Waals surface area (Å²) in [6.07, 6.45) is 1.11. The van der Waals surface area contributed by atoms with E-state index >= 15 is 0 Å². The standard InChI is InChI=1S/C10H9BrO2/c1-6(12)8-5-13-10-7(8)3-2-4-9(10)11/h2-6,12H,1H3. The van der Waals surface area contributed by atoms with Crippen LogP contribution in [0.2, 0.25) is 0 Å². The minimum atomic E-state index is -0.490. The molecule has 1 N–H and O–H groups in total. The molecular formula is C10H9BrO2. The van der Waals surface area contributed by atoms with Crippen LogP contribution in [0.25, 0.3) is 11.0 Å². The van der Waals surface area contributed by atoms with Gasteiger partial charge in [-0.25, -0.2) is 0 Å². The third-order valence-corrected chi connectivity index (χ3v) is 2.66. The van der Waals surface area contributed by atoms with Crippen LogP contribution in [-0.2, 0) is 0 Å². The normalized spacial score (nSPS) is 13.5. The van der Waals surface area contributed by atoms with Crippen molar-refractivity contribution in [2.75, 3.05) is 0 Å². The minimum absolute atomic E-state index is 0.490. The summed E-state index contributed by atoms with van der Waals surface area (Å²) in [4.78, 5) is 0. The summed E-state index contributed by atoms with van der Waals surface area (Å²) < 4.78 is 6.25. The average Bonchev–Trinajstić information content (AvgIpc) is 2.48. The van der Waals surface area contributed by atoms with Crippen LogP contribution in [0.3, 0.4) is 0 Å². The summed E-state index contributed by atoms with van der Waals surface area (Å²) in [6.45, 7) is 1.73. The molecule has 0 fully saturated rings. The molecule has 0 amide bonds. The van der Waals surface area contributed by atoms with Crippen molar-refractivity contribution in [3.63, 3.8) is 0 Å². The Labute approximate surface area is 84.3 Å². The molecule has 0 aliphatic rings. The van der Waals surface area contributed by atoms with Crippen LogP contribution >= 0.6 is 15.9 Å². The van der Waals surface area contributed by atoms with Crippen LogP contribution in [0, 0.1) is 0 Å². The lowest BCUT2D eigenvalue weighted by Crippen LogP contribution is -1.87. The molecule has 0 radical (unpaired) electrons. The fourth-order valence-corrected chi connectivity index (χ4v) is 1.83. The van der Waals surface area contributed by atoms with E-state index in [0.717, 1.165) is 21.0 Å². The van der Waals surface area contributed by atoms with E-state index < -0.39 is 6.10 Å². The van der Waals surface area contributed by atoms with Crippen LogP contribution in [-0.4, -0.2) is 5.11 Å². The number of aliphatic hydroxyl groups excluding tert-OH is 1. The first-order valence-corrected chi connectivity index (χ1v) is 4.83. The number of hydrogen-bond donors (Lipinski definition) is 1. The Bertz CT molecular complexity index is 431. The lowest BCUT2D eigenvalue weighted by Gasteiger charge is -1.99.